The standard InChI is InChI=1S/C25H23N3O6/c29-24(27-22-12-13-33-23-9-5-4-8-19(22)23)16-34-25(30)20-14-18(28(31)32)10-11-21(20)26-15-17-6-2-1-3-7-17/h1-11,14,22,26H,12-13,15-16H2,(H,27,29). The SMILES string of the molecule is O=C(COC(=O)c1cc([N+](=O)[O-])ccc1NCc1ccccc1)NC1CCOc2ccccc21. The number of esters is 1. The lowest BCUT2D eigenvalue weighted by molar-refractivity contribution is -0.384. The molecule has 1 aliphatic heterocycles. The number of benzene rings is 3. The maximum Gasteiger partial charge on any atom is 0.341 e. The Hall–Kier alpha value is -4.40. The average Bonchev–Trinajstić information content (AvgIpc) is 2.86. The number of non-ortho nitro benzene ring substituents is 1. The Balaban J connectivity index is 1.42. The van der Waals surface area contributed by atoms with E-state index < -0.39 is 23.4 Å². The van der Waals surface area contributed by atoms with Crippen LogP contribution in [0.2, 0.25) is 0 Å². The number of hydrogen-bond acceptors (Lipinski definition) is 7. The fourth-order valence-electron chi connectivity index (χ4n) is 3.70. The second-order valence-corrected chi connectivity index (χ2v) is 7.70. The minimum Gasteiger partial charge on any atom is -0.493 e. The van der Waals surface area contributed by atoms with Gasteiger partial charge < -0.3 is 20.1 Å². The molecule has 0 bridgehead atoms. The number of anilines is 1. The quantitative estimate of drug-likeness (QED) is 0.295. The smallest absolute Gasteiger partial charge is 0.341 e. The summed E-state index contributed by atoms with van der Waals surface area (Å²) in [5.41, 5.74) is 1.93. The lowest BCUT2D eigenvalue weighted by Crippen LogP contribution is -2.35. The van der Waals surface area contributed by atoms with Crippen LogP contribution in [0.3, 0.4) is 0 Å². The molecule has 3 aromatic rings. The Bertz CT molecular complexity index is 1200. The molecule has 9 heteroatoms. The molecule has 0 saturated carbocycles. The highest BCUT2D eigenvalue weighted by Crippen LogP contribution is 2.31. The van der Waals surface area contributed by atoms with Gasteiger partial charge in [0.25, 0.3) is 11.6 Å². The molecular formula is C25H23N3O6. The number of para-hydroxylation sites is 1. The van der Waals surface area contributed by atoms with E-state index >= 15 is 0 Å². The first-order valence-corrected chi connectivity index (χ1v) is 10.8. The van der Waals surface area contributed by atoms with Crippen molar-refractivity contribution in [2.24, 2.45) is 0 Å². The molecule has 0 aliphatic carbocycles. The van der Waals surface area contributed by atoms with Gasteiger partial charge in [-0.1, -0.05) is 48.5 Å². The van der Waals surface area contributed by atoms with Crippen LogP contribution in [0.1, 0.15) is 33.9 Å². The van der Waals surface area contributed by atoms with Crippen LogP contribution in [0.5, 0.6) is 5.75 Å². The fourth-order valence-corrected chi connectivity index (χ4v) is 3.70. The molecule has 1 unspecified atom stereocenters. The van der Waals surface area contributed by atoms with Gasteiger partial charge in [-0.3, -0.25) is 14.9 Å². The summed E-state index contributed by atoms with van der Waals surface area (Å²) in [6.07, 6.45) is 0.592. The van der Waals surface area contributed by atoms with Crippen LogP contribution >= 0.6 is 0 Å². The molecule has 0 spiro atoms. The molecular weight excluding hydrogens is 438 g/mol. The van der Waals surface area contributed by atoms with Crippen molar-refractivity contribution in [2.45, 2.75) is 19.0 Å². The van der Waals surface area contributed by atoms with Gasteiger partial charge in [-0.25, -0.2) is 4.79 Å². The van der Waals surface area contributed by atoms with Gasteiger partial charge in [0.2, 0.25) is 0 Å². The largest absolute Gasteiger partial charge is 0.493 e. The van der Waals surface area contributed by atoms with E-state index in [1.165, 1.54) is 12.1 Å². The van der Waals surface area contributed by atoms with Gasteiger partial charge in [0.1, 0.15) is 5.75 Å². The third-order valence-electron chi connectivity index (χ3n) is 5.39. The Morgan fingerprint density at radius 2 is 1.82 bits per heavy atom. The molecule has 3 aromatic carbocycles. The highest BCUT2D eigenvalue weighted by molar-refractivity contribution is 5.97. The maximum absolute atomic E-state index is 12.8. The summed E-state index contributed by atoms with van der Waals surface area (Å²) in [7, 11) is 0. The van der Waals surface area contributed by atoms with E-state index in [1.807, 2.05) is 54.6 Å². The molecule has 9 nitrogen and oxygen atoms in total. The Labute approximate surface area is 195 Å². The average molecular weight is 461 g/mol. The topological polar surface area (TPSA) is 120 Å². The molecule has 1 amide bonds. The number of carbonyl (C=O) groups is 2. The highest BCUT2D eigenvalue weighted by Gasteiger charge is 2.24. The van der Waals surface area contributed by atoms with E-state index in [0.29, 0.717) is 31.0 Å². The van der Waals surface area contributed by atoms with Crippen molar-refractivity contribution in [3.05, 3.63) is 99.6 Å². The number of amides is 1. The number of carbonyl (C=O) groups excluding carboxylic acids is 2. The van der Waals surface area contributed by atoms with Crippen molar-refractivity contribution in [1.29, 1.82) is 0 Å². The number of nitro groups is 1. The molecule has 2 N–H and O–H groups in total. The van der Waals surface area contributed by atoms with Crippen LogP contribution < -0.4 is 15.4 Å². The van der Waals surface area contributed by atoms with Gasteiger partial charge in [0.15, 0.2) is 6.61 Å². The van der Waals surface area contributed by atoms with Gasteiger partial charge in [0.05, 0.1) is 23.1 Å². The van der Waals surface area contributed by atoms with Crippen LogP contribution in [0.4, 0.5) is 11.4 Å². The monoisotopic (exact) mass is 461 g/mol. The van der Waals surface area contributed by atoms with Crippen LogP contribution in [0.25, 0.3) is 0 Å². The van der Waals surface area contributed by atoms with Crippen molar-refractivity contribution in [2.75, 3.05) is 18.5 Å². The Morgan fingerprint density at radius 3 is 2.62 bits per heavy atom. The van der Waals surface area contributed by atoms with E-state index in [0.717, 1.165) is 17.2 Å². The van der Waals surface area contributed by atoms with Gasteiger partial charge in [0, 0.05) is 36.3 Å². The Morgan fingerprint density at radius 1 is 1.06 bits per heavy atom. The first kappa shape index (κ1) is 22.8. The summed E-state index contributed by atoms with van der Waals surface area (Å²) in [4.78, 5) is 35.9. The molecule has 0 aromatic heterocycles. The molecule has 1 atom stereocenters. The van der Waals surface area contributed by atoms with Gasteiger partial charge in [-0.2, -0.15) is 0 Å². The zero-order valence-corrected chi connectivity index (χ0v) is 18.2. The normalized spacial score (nSPS) is 14.3. The summed E-state index contributed by atoms with van der Waals surface area (Å²) in [6.45, 7) is 0.355. The zero-order valence-electron chi connectivity index (χ0n) is 18.2. The molecule has 1 aliphatic rings. The minimum absolute atomic E-state index is 0.0191. The molecule has 174 valence electrons. The maximum atomic E-state index is 12.8. The molecule has 0 fully saturated rings. The van der Waals surface area contributed by atoms with Crippen LogP contribution in [0, 0.1) is 10.1 Å². The van der Waals surface area contributed by atoms with Crippen LogP contribution in [-0.4, -0.2) is 30.0 Å². The lowest BCUT2D eigenvalue weighted by atomic mass is 10.0. The summed E-state index contributed by atoms with van der Waals surface area (Å²) in [5, 5.41) is 17.2. The van der Waals surface area contributed by atoms with Gasteiger partial charge >= 0.3 is 5.97 Å². The lowest BCUT2D eigenvalue weighted by Gasteiger charge is -2.26. The van der Waals surface area contributed by atoms with Gasteiger partial charge in [-0.05, 0) is 17.7 Å². The van der Waals surface area contributed by atoms with Crippen LogP contribution in [-0.2, 0) is 16.1 Å². The Kier molecular flexibility index (Phi) is 7.02. The first-order chi connectivity index (χ1) is 16.5. The number of nitro benzene ring substituents is 1. The second kappa shape index (κ2) is 10.5. The summed E-state index contributed by atoms with van der Waals surface area (Å²) < 4.78 is 10.8. The van der Waals surface area contributed by atoms with Gasteiger partial charge in [-0.15, -0.1) is 0 Å². The first-order valence-electron chi connectivity index (χ1n) is 10.8. The summed E-state index contributed by atoms with van der Waals surface area (Å²) in [6, 6.07) is 20.6. The summed E-state index contributed by atoms with van der Waals surface area (Å²) >= 11 is 0. The molecule has 0 radical (unpaired) electrons. The van der Waals surface area contributed by atoms with Crippen molar-refractivity contribution >= 4 is 23.3 Å². The van der Waals surface area contributed by atoms with Crippen molar-refractivity contribution < 1.29 is 24.0 Å². The molecule has 1 heterocycles. The zero-order chi connectivity index (χ0) is 23.9. The number of hydrogen-bond donors (Lipinski definition) is 2. The third kappa shape index (κ3) is 5.50. The number of nitrogens with zero attached hydrogens (tertiary/aromatic N) is 1. The fraction of sp³-hybridized carbons (Fsp3) is 0.200. The molecule has 0 saturated heterocycles. The van der Waals surface area contributed by atoms with E-state index in [1.54, 1.807) is 0 Å². The van der Waals surface area contributed by atoms with Crippen LogP contribution in [0.15, 0.2) is 72.8 Å². The van der Waals surface area contributed by atoms with Crippen molar-refractivity contribution in [1.82, 2.24) is 5.32 Å². The third-order valence-corrected chi connectivity index (χ3v) is 5.39. The number of fused-ring (bicyclic) bond motifs is 1. The predicted octanol–water partition coefficient (Wildman–Crippen LogP) is 4.00. The molecule has 34 heavy (non-hydrogen) atoms. The van der Waals surface area contributed by atoms with Crippen molar-refractivity contribution in [3.8, 4) is 5.75 Å². The second-order valence-electron chi connectivity index (χ2n) is 7.70. The van der Waals surface area contributed by atoms with E-state index in [9.17, 15) is 19.7 Å². The predicted molar refractivity (Wildman–Crippen MR) is 125 cm³/mol. The minimum atomic E-state index is -0.832. The summed E-state index contributed by atoms with van der Waals surface area (Å²) in [5.74, 6) is -0.595. The van der Waals surface area contributed by atoms with E-state index in [-0.39, 0.29) is 17.3 Å². The number of nitrogens with one attached hydrogen (secondary N) is 2. The molecule has 4 rings (SSSR count). The van der Waals surface area contributed by atoms with E-state index in [2.05, 4.69) is 10.6 Å². The van der Waals surface area contributed by atoms with Crippen molar-refractivity contribution in [3.63, 3.8) is 0 Å². The number of rotatable bonds is 8. The van der Waals surface area contributed by atoms with E-state index in [4.69, 9.17) is 9.47 Å². The number of ether oxygens (including phenoxy) is 2. The highest BCUT2D eigenvalue weighted by atomic mass is 16.6.